The molecular weight excluding hydrogens is 300 g/mol. The maximum absolute atomic E-state index is 7.07. The Kier molecular flexibility index (Phi) is 2.98. The van der Waals surface area contributed by atoms with E-state index in [-0.39, 0.29) is 5.79 Å². The van der Waals surface area contributed by atoms with Crippen LogP contribution in [-0.2, 0) is 14.5 Å². The van der Waals surface area contributed by atoms with Gasteiger partial charge in [0.05, 0.1) is 0 Å². The molecule has 3 nitrogen and oxygen atoms in total. The molecule has 1 saturated heterocycles. The maximum atomic E-state index is 7.07. The molecule has 0 N–H and O–H groups in total. The van der Waals surface area contributed by atoms with E-state index in [1.54, 1.807) is 0 Å². The van der Waals surface area contributed by atoms with E-state index < -0.39 is 5.79 Å². The zero-order valence-electron chi connectivity index (χ0n) is 15.2. The summed E-state index contributed by atoms with van der Waals surface area (Å²) in [7, 11) is 0. The van der Waals surface area contributed by atoms with Crippen LogP contribution in [0.5, 0.6) is 0 Å². The molecule has 134 valence electrons. The highest BCUT2D eigenvalue weighted by atomic mass is 17.3. The van der Waals surface area contributed by atoms with Gasteiger partial charge in [-0.05, 0) is 81.5 Å². The van der Waals surface area contributed by atoms with Crippen LogP contribution in [0.1, 0.15) is 71.6 Å². The minimum absolute atomic E-state index is 0.384. The molecular formula is C21H32O3. The van der Waals surface area contributed by atoms with E-state index in [9.17, 15) is 0 Å². The molecule has 7 fully saturated rings. The fraction of sp³-hybridized carbons (Fsp3) is 1.00. The van der Waals surface area contributed by atoms with E-state index in [2.05, 4.69) is 13.8 Å². The zero-order chi connectivity index (χ0) is 16.1. The van der Waals surface area contributed by atoms with Crippen LogP contribution in [0, 0.1) is 47.3 Å². The first-order valence-electron chi connectivity index (χ1n) is 10.6. The Labute approximate surface area is 145 Å². The van der Waals surface area contributed by atoms with E-state index in [1.165, 1.54) is 57.8 Å². The molecule has 24 heavy (non-hydrogen) atoms. The molecule has 0 aromatic carbocycles. The quantitative estimate of drug-likeness (QED) is 0.590. The predicted molar refractivity (Wildman–Crippen MR) is 89.5 cm³/mol. The lowest BCUT2D eigenvalue weighted by Gasteiger charge is -2.58. The van der Waals surface area contributed by atoms with Crippen molar-refractivity contribution in [1.29, 1.82) is 0 Å². The Bertz CT molecular complexity index is 485. The van der Waals surface area contributed by atoms with Gasteiger partial charge in [0.15, 0.2) is 0 Å². The summed E-state index contributed by atoms with van der Waals surface area (Å²) in [6.45, 7) is 4.83. The molecule has 1 aliphatic heterocycles. The largest absolute Gasteiger partial charge is 0.311 e. The van der Waals surface area contributed by atoms with E-state index in [0.29, 0.717) is 23.7 Å². The van der Waals surface area contributed by atoms with Gasteiger partial charge in [-0.25, -0.2) is 0 Å². The first kappa shape index (κ1) is 15.0. The van der Waals surface area contributed by atoms with E-state index >= 15 is 0 Å². The SMILES string of the molecule is CC1CC2CC(C)CC(C1)C21OOC2(O1)C1CC3CC(C1)CC2C3. The van der Waals surface area contributed by atoms with E-state index in [0.717, 1.165) is 23.7 Å². The molecule has 0 atom stereocenters. The summed E-state index contributed by atoms with van der Waals surface area (Å²) in [6, 6.07) is 0. The number of hydrogen-bond donors (Lipinski definition) is 0. The van der Waals surface area contributed by atoms with Crippen molar-refractivity contribution in [2.24, 2.45) is 47.3 Å². The summed E-state index contributed by atoms with van der Waals surface area (Å²) < 4.78 is 7.07. The second-order valence-electron chi connectivity index (χ2n) is 10.6. The average Bonchev–Trinajstić information content (AvgIpc) is 2.90. The molecule has 6 saturated carbocycles. The highest BCUT2D eigenvalue weighted by Gasteiger charge is 2.70. The Hall–Kier alpha value is -0.120. The van der Waals surface area contributed by atoms with Crippen molar-refractivity contribution in [2.75, 3.05) is 0 Å². The average molecular weight is 332 g/mol. The molecule has 7 aliphatic rings. The lowest BCUT2D eigenvalue weighted by atomic mass is 9.53. The molecule has 3 heteroatoms. The Balaban J connectivity index is 1.35. The minimum Gasteiger partial charge on any atom is -0.311 e. The third-order valence-electron chi connectivity index (χ3n) is 8.78. The van der Waals surface area contributed by atoms with Crippen molar-refractivity contribution in [3.8, 4) is 0 Å². The number of hydrogen-bond acceptors (Lipinski definition) is 3. The number of rotatable bonds is 0. The summed E-state index contributed by atoms with van der Waals surface area (Å²) in [5.74, 6) is 4.94. The monoisotopic (exact) mass is 332 g/mol. The fourth-order valence-electron chi connectivity index (χ4n) is 8.18. The first-order valence-corrected chi connectivity index (χ1v) is 10.6. The molecule has 0 aromatic heterocycles. The minimum atomic E-state index is -0.408. The summed E-state index contributed by atoms with van der Waals surface area (Å²) in [5, 5.41) is 0. The van der Waals surface area contributed by atoms with Crippen molar-refractivity contribution < 1.29 is 14.5 Å². The summed E-state index contributed by atoms with van der Waals surface area (Å²) >= 11 is 0. The van der Waals surface area contributed by atoms with Gasteiger partial charge in [-0.15, -0.1) is 0 Å². The predicted octanol–water partition coefficient (Wildman–Crippen LogP) is 4.91. The highest BCUT2D eigenvalue weighted by Crippen LogP contribution is 2.66. The third-order valence-corrected chi connectivity index (χ3v) is 8.78. The van der Waals surface area contributed by atoms with Gasteiger partial charge in [0.1, 0.15) is 0 Å². The van der Waals surface area contributed by atoms with Gasteiger partial charge in [0.2, 0.25) is 11.6 Å². The summed E-state index contributed by atoms with van der Waals surface area (Å²) in [6.07, 6.45) is 11.7. The van der Waals surface area contributed by atoms with Crippen molar-refractivity contribution in [3.05, 3.63) is 0 Å². The summed E-state index contributed by atoms with van der Waals surface area (Å²) in [5.41, 5.74) is 0. The van der Waals surface area contributed by atoms with Gasteiger partial charge in [0.25, 0.3) is 0 Å². The van der Waals surface area contributed by atoms with E-state index in [1.807, 2.05) is 0 Å². The first-order chi connectivity index (χ1) is 11.6. The van der Waals surface area contributed by atoms with Crippen LogP contribution in [0.15, 0.2) is 0 Å². The molecule has 2 spiro atoms. The van der Waals surface area contributed by atoms with Crippen molar-refractivity contribution >= 4 is 0 Å². The standard InChI is InChI=1S/C21H32O3/c1-12-3-16-5-13(2)6-17(4-12)20(16)22-21(24-23-20)18-8-14-7-15(10-18)11-19(21)9-14/h12-19H,3-11H2,1-2H3. The molecule has 0 radical (unpaired) electrons. The van der Waals surface area contributed by atoms with Gasteiger partial charge >= 0.3 is 0 Å². The van der Waals surface area contributed by atoms with E-state index in [4.69, 9.17) is 14.5 Å². The third kappa shape index (κ3) is 1.80. The maximum Gasteiger partial charge on any atom is 0.210 e. The smallest absolute Gasteiger partial charge is 0.210 e. The van der Waals surface area contributed by atoms with Crippen LogP contribution in [0.25, 0.3) is 0 Å². The van der Waals surface area contributed by atoms with Crippen LogP contribution >= 0.6 is 0 Å². The number of ether oxygens (including phenoxy) is 1. The molecule has 0 aromatic rings. The second-order valence-corrected chi connectivity index (χ2v) is 10.6. The molecule has 6 bridgehead atoms. The van der Waals surface area contributed by atoms with Crippen molar-refractivity contribution in [2.45, 2.75) is 83.2 Å². The van der Waals surface area contributed by atoms with Gasteiger partial charge < -0.3 is 4.74 Å². The zero-order valence-corrected chi connectivity index (χ0v) is 15.2. The Morgan fingerprint density at radius 1 is 0.542 bits per heavy atom. The normalized spacial score (nSPS) is 64.2. The lowest BCUT2D eigenvalue weighted by Crippen LogP contribution is -2.61. The molecule has 0 amide bonds. The van der Waals surface area contributed by atoms with Gasteiger partial charge in [-0.3, -0.25) is 0 Å². The summed E-state index contributed by atoms with van der Waals surface area (Å²) in [4.78, 5) is 12.6. The van der Waals surface area contributed by atoms with Gasteiger partial charge in [0, 0.05) is 23.7 Å². The Morgan fingerprint density at radius 2 is 0.917 bits per heavy atom. The van der Waals surface area contributed by atoms with Gasteiger partial charge in [-0.1, -0.05) is 13.8 Å². The lowest BCUT2D eigenvalue weighted by molar-refractivity contribution is -0.401. The van der Waals surface area contributed by atoms with Crippen molar-refractivity contribution in [3.63, 3.8) is 0 Å². The second kappa shape index (κ2) is 4.78. The molecule has 0 unspecified atom stereocenters. The highest BCUT2D eigenvalue weighted by molar-refractivity contribution is 5.08. The molecule has 6 aliphatic carbocycles. The van der Waals surface area contributed by atoms with Crippen LogP contribution in [0.2, 0.25) is 0 Å². The van der Waals surface area contributed by atoms with Crippen LogP contribution in [0.3, 0.4) is 0 Å². The van der Waals surface area contributed by atoms with Gasteiger partial charge in [-0.2, -0.15) is 9.78 Å². The fourth-order valence-corrected chi connectivity index (χ4v) is 8.18. The van der Waals surface area contributed by atoms with Crippen LogP contribution < -0.4 is 0 Å². The topological polar surface area (TPSA) is 27.7 Å². The molecule has 1 heterocycles. The van der Waals surface area contributed by atoms with Crippen LogP contribution in [-0.4, -0.2) is 11.6 Å². The van der Waals surface area contributed by atoms with Crippen molar-refractivity contribution in [1.82, 2.24) is 0 Å². The Morgan fingerprint density at radius 3 is 1.33 bits per heavy atom. The molecule has 7 rings (SSSR count). The van der Waals surface area contributed by atoms with Crippen LogP contribution in [0.4, 0.5) is 0 Å².